The largest absolute Gasteiger partial charge is 0.501 e. The van der Waals surface area contributed by atoms with Crippen LogP contribution in [0.1, 0.15) is 24.5 Å². The number of hydrogen-bond donors (Lipinski definition) is 1. The van der Waals surface area contributed by atoms with E-state index in [1.54, 1.807) is 6.26 Å². The summed E-state index contributed by atoms with van der Waals surface area (Å²) in [5.74, 6) is 0. The van der Waals surface area contributed by atoms with E-state index >= 15 is 0 Å². The summed E-state index contributed by atoms with van der Waals surface area (Å²) in [6.07, 6.45) is 3.11. The van der Waals surface area contributed by atoms with Crippen LogP contribution in [0.2, 0.25) is 0 Å². The van der Waals surface area contributed by atoms with E-state index in [4.69, 9.17) is 4.74 Å². The van der Waals surface area contributed by atoms with E-state index < -0.39 is 6.10 Å². The highest BCUT2D eigenvalue weighted by atomic mass is 127. The smallest absolute Gasteiger partial charge is 0.104 e. The van der Waals surface area contributed by atoms with E-state index in [1.807, 2.05) is 24.3 Å². The zero-order valence-corrected chi connectivity index (χ0v) is 10.5. The van der Waals surface area contributed by atoms with Gasteiger partial charge in [-0.2, -0.15) is 0 Å². The summed E-state index contributed by atoms with van der Waals surface area (Å²) in [5, 5.41) is 10.2. The highest BCUT2D eigenvalue weighted by Crippen LogP contribution is 2.29. The van der Waals surface area contributed by atoms with Crippen molar-refractivity contribution < 1.29 is 9.84 Å². The quantitative estimate of drug-likeness (QED) is 0.850. The van der Waals surface area contributed by atoms with E-state index in [0.717, 1.165) is 34.2 Å². The van der Waals surface area contributed by atoms with Gasteiger partial charge in [0, 0.05) is 3.57 Å². The van der Waals surface area contributed by atoms with Crippen molar-refractivity contribution in [2.24, 2.45) is 0 Å². The molecule has 0 aliphatic carbocycles. The van der Waals surface area contributed by atoms with Crippen molar-refractivity contribution in [3.8, 4) is 0 Å². The average Bonchev–Trinajstić information content (AvgIpc) is 2.30. The Hall–Kier alpha value is -0.550. The first-order valence-electron chi connectivity index (χ1n) is 5.02. The van der Waals surface area contributed by atoms with Gasteiger partial charge in [0.05, 0.1) is 12.9 Å². The third kappa shape index (κ3) is 2.52. The van der Waals surface area contributed by atoms with Crippen LogP contribution in [-0.2, 0) is 4.74 Å². The molecule has 2 rings (SSSR count). The molecule has 0 amide bonds. The molecule has 1 aromatic carbocycles. The first-order chi connectivity index (χ1) is 7.29. The molecular formula is C12H13IO2. The zero-order valence-electron chi connectivity index (χ0n) is 8.32. The maximum atomic E-state index is 10.2. The number of benzene rings is 1. The van der Waals surface area contributed by atoms with Gasteiger partial charge in [-0.3, -0.25) is 0 Å². The van der Waals surface area contributed by atoms with Crippen LogP contribution in [0.5, 0.6) is 0 Å². The first kappa shape index (κ1) is 11.0. The Bertz CT molecular complexity index is 374. The van der Waals surface area contributed by atoms with Gasteiger partial charge < -0.3 is 9.84 Å². The van der Waals surface area contributed by atoms with Crippen molar-refractivity contribution in [1.29, 1.82) is 0 Å². The van der Waals surface area contributed by atoms with Crippen LogP contribution in [0.3, 0.4) is 0 Å². The summed E-state index contributed by atoms with van der Waals surface area (Å²) in [6.45, 7) is 0.766. The van der Waals surface area contributed by atoms with Crippen molar-refractivity contribution in [2.45, 2.75) is 18.9 Å². The topological polar surface area (TPSA) is 29.5 Å². The van der Waals surface area contributed by atoms with Crippen molar-refractivity contribution in [1.82, 2.24) is 0 Å². The molecule has 1 N–H and O–H groups in total. The van der Waals surface area contributed by atoms with Gasteiger partial charge in [0.25, 0.3) is 0 Å². The third-order valence-corrected chi connectivity index (χ3v) is 3.50. The van der Waals surface area contributed by atoms with E-state index in [2.05, 4.69) is 22.6 Å². The normalized spacial score (nSPS) is 17.9. The Kier molecular flexibility index (Phi) is 3.64. The fourth-order valence-corrected chi connectivity index (χ4v) is 2.36. The van der Waals surface area contributed by atoms with Crippen LogP contribution >= 0.6 is 22.6 Å². The number of aliphatic hydroxyl groups excluding tert-OH is 1. The molecule has 1 aliphatic rings. The average molecular weight is 316 g/mol. The lowest BCUT2D eigenvalue weighted by Gasteiger charge is -2.19. The van der Waals surface area contributed by atoms with Crippen LogP contribution < -0.4 is 0 Å². The standard InChI is InChI=1S/C12H13IO2/c13-11-6-2-1-5-10(11)12(14)9-4-3-7-15-8-9/h1-2,5-6,8,12,14H,3-4,7H2. The molecule has 15 heavy (non-hydrogen) atoms. The molecule has 0 bridgehead atoms. The molecule has 80 valence electrons. The van der Waals surface area contributed by atoms with E-state index in [1.165, 1.54) is 0 Å². The highest BCUT2D eigenvalue weighted by Gasteiger charge is 2.17. The first-order valence-corrected chi connectivity index (χ1v) is 6.10. The number of rotatable bonds is 2. The molecule has 0 radical (unpaired) electrons. The molecule has 1 aromatic rings. The van der Waals surface area contributed by atoms with Crippen LogP contribution in [0.25, 0.3) is 0 Å². The molecule has 1 unspecified atom stereocenters. The molecule has 0 saturated heterocycles. The van der Waals surface area contributed by atoms with E-state index in [0.29, 0.717) is 0 Å². The Morgan fingerprint density at radius 3 is 2.80 bits per heavy atom. The fraction of sp³-hybridized carbons (Fsp3) is 0.333. The SMILES string of the molecule is OC(C1=COCCC1)c1ccccc1I. The second-order valence-corrected chi connectivity index (χ2v) is 4.75. The molecule has 3 heteroatoms. The Balaban J connectivity index is 2.23. The molecule has 1 aliphatic heterocycles. The van der Waals surface area contributed by atoms with Crippen LogP contribution in [0, 0.1) is 3.57 Å². The molecule has 1 atom stereocenters. The predicted octanol–water partition coefficient (Wildman–Crippen LogP) is 3.02. The summed E-state index contributed by atoms with van der Waals surface area (Å²) in [5.41, 5.74) is 1.94. The minimum absolute atomic E-state index is 0.515. The van der Waals surface area contributed by atoms with Gasteiger partial charge in [-0.05, 0) is 52.6 Å². The number of halogens is 1. The lowest BCUT2D eigenvalue weighted by molar-refractivity contribution is 0.170. The van der Waals surface area contributed by atoms with E-state index in [9.17, 15) is 5.11 Å². The molecule has 0 fully saturated rings. The fourth-order valence-electron chi connectivity index (χ4n) is 1.68. The predicted molar refractivity (Wildman–Crippen MR) is 67.4 cm³/mol. The zero-order chi connectivity index (χ0) is 10.7. The summed E-state index contributed by atoms with van der Waals surface area (Å²) >= 11 is 2.24. The second-order valence-electron chi connectivity index (χ2n) is 3.59. The van der Waals surface area contributed by atoms with E-state index in [-0.39, 0.29) is 0 Å². The van der Waals surface area contributed by atoms with Crippen LogP contribution in [0.4, 0.5) is 0 Å². The van der Waals surface area contributed by atoms with Crippen molar-refractivity contribution in [3.63, 3.8) is 0 Å². The molecule has 0 saturated carbocycles. The van der Waals surface area contributed by atoms with Crippen molar-refractivity contribution >= 4 is 22.6 Å². The maximum Gasteiger partial charge on any atom is 0.104 e. The van der Waals surface area contributed by atoms with Crippen LogP contribution in [-0.4, -0.2) is 11.7 Å². The highest BCUT2D eigenvalue weighted by molar-refractivity contribution is 14.1. The van der Waals surface area contributed by atoms with Crippen molar-refractivity contribution in [2.75, 3.05) is 6.61 Å². The minimum atomic E-state index is -0.515. The summed E-state index contributed by atoms with van der Waals surface area (Å²) in [7, 11) is 0. The Morgan fingerprint density at radius 1 is 1.33 bits per heavy atom. The second kappa shape index (κ2) is 4.99. The minimum Gasteiger partial charge on any atom is -0.501 e. The monoisotopic (exact) mass is 316 g/mol. The number of aliphatic hydroxyl groups is 1. The van der Waals surface area contributed by atoms with Gasteiger partial charge in [-0.1, -0.05) is 18.2 Å². The van der Waals surface area contributed by atoms with Gasteiger partial charge in [0.2, 0.25) is 0 Å². The number of hydrogen-bond acceptors (Lipinski definition) is 2. The number of ether oxygens (including phenoxy) is 1. The summed E-state index contributed by atoms with van der Waals surface area (Å²) in [4.78, 5) is 0. The van der Waals surface area contributed by atoms with Gasteiger partial charge >= 0.3 is 0 Å². The molecule has 2 nitrogen and oxygen atoms in total. The Morgan fingerprint density at radius 2 is 2.13 bits per heavy atom. The molecular weight excluding hydrogens is 303 g/mol. The summed E-state index contributed by atoms with van der Waals surface area (Å²) in [6, 6.07) is 7.89. The van der Waals surface area contributed by atoms with Gasteiger partial charge in [0.15, 0.2) is 0 Å². The van der Waals surface area contributed by atoms with Gasteiger partial charge in [0.1, 0.15) is 6.10 Å². The third-order valence-electron chi connectivity index (χ3n) is 2.51. The lowest BCUT2D eigenvalue weighted by atomic mass is 9.98. The molecule has 1 heterocycles. The molecule has 0 aromatic heterocycles. The lowest BCUT2D eigenvalue weighted by Crippen LogP contribution is -2.08. The van der Waals surface area contributed by atoms with Gasteiger partial charge in [-0.25, -0.2) is 0 Å². The van der Waals surface area contributed by atoms with Crippen molar-refractivity contribution in [3.05, 3.63) is 45.2 Å². The van der Waals surface area contributed by atoms with Gasteiger partial charge in [-0.15, -0.1) is 0 Å². The summed E-state index contributed by atoms with van der Waals surface area (Å²) < 4.78 is 6.33. The van der Waals surface area contributed by atoms with Crippen LogP contribution in [0.15, 0.2) is 36.1 Å². The molecule has 0 spiro atoms. The maximum absolute atomic E-state index is 10.2. The Labute approximate surface area is 103 Å².